The van der Waals surface area contributed by atoms with E-state index in [2.05, 4.69) is 10.6 Å². The number of morpholine rings is 1. The van der Waals surface area contributed by atoms with Gasteiger partial charge in [-0.25, -0.2) is 4.79 Å². The first kappa shape index (κ1) is 18.4. The normalized spacial score (nSPS) is 16.3. The first-order valence-electron chi connectivity index (χ1n) is 7.63. The van der Waals surface area contributed by atoms with Gasteiger partial charge in [-0.15, -0.1) is 0 Å². The molecule has 1 heterocycles. The summed E-state index contributed by atoms with van der Waals surface area (Å²) in [4.78, 5) is 37.7. The van der Waals surface area contributed by atoms with Gasteiger partial charge in [-0.1, -0.05) is 13.8 Å². The minimum Gasteiger partial charge on any atom is -0.378 e. The second-order valence-corrected chi connectivity index (χ2v) is 5.96. The molecule has 1 unspecified atom stereocenters. The van der Waals surface area contributed by atoms with Crippen molar-refractivity contribution >= 4 is 17.8 Å². The summed E-state index contributed by atoms with van der Waals surface area (Å²) in [7, 11) is 1.75. The molecule has 8 heteroatoms. The van der Waals surface area contributed by atoms with Crippen LogP contribution in [0.4, 0.5) is 4.79 Å². The van der Waals surface area contributed by atoms with Crippen molar-refractivity contribution in [2.24, 2.45) is 5.92 Å². The molecule has 0 spiro atoms. The smallest absolute Gasteiger partial charge is 0.321 e. The number of amides is 4. The number of urea groups is 1. The number of quaternary nitrogens is 1. The van der Waals surface area contributed by atoms with E-state index >= 15 is 0 Å². The number of carbonyl (C=O) groups is 3. The van der Waals surface area contributed by atoms with Gasteiger partial charge in [0.1, 0.15) is 0 Å². The molecule has 3 N–H and O–H groups in total. The molecule has 1 rings (SSSR count). The third-order valence-corrected chi connectivity index (χ3v) is 3.20. The monoisotopic (exact) mass is 315 g/mol. The first-order chi connectivity index (χ1) is 10.4. The molecule has 1 aliphatic heterocycles. The Morgan fingerprint density at radius 1 is 1.18 bits per heavy atom. The molecular formula is C14H27N4O4+. The highest BCUT2D eigenvalue weighted by Gasteiger charge is 2.21. The van der Waals surface area contributed by atoms with E-state index in [1.54, 1.807) is 11.9 Å². The minimum absolute atomic E-state index is 0.00198. The maximum atomic E-state index is 12.0. The van der Waals surface area contributed by atoms with Crippen LogP contribution in [-0.2, 0) is 14.3 Å². The Morgan fingerprint density at radius 3 is 2.41 bits per heavy atom. The largest absolute Gasteiger partial charge is 0.378 e. The quantitative estimate of drug-likeness (QED) is 0.521. The number of hydrogen-bond acceptors (Lipinski definition) is 4. The standard InChI is InChI=1S/C14H26N4O4/c1-11(2)8-15-14(21)16-12(19)9-17(3)10-13(20)18-4-6-22-7-5-18/h11H,4-10H2,1-3H3,(H2,15,16,19,21)/p+1. The molecule has 0 bridgehead atoms. The molecular weight excluding hydrogens is 288 g/mol. The SMILES string of the molecule is CC(C)CNC(=O)NC(=O)C[NH+](C)CC(=O)N1CCOCC1. The van der Waals surface area contributed by atoms with Gasteiger partial charge in [0, 0.05) is 19.6 Å². The van der Waals surface area contributed by atoms with Crippen LogP contribution < -0.4 is 15.5 Å². The Balaban J connectivity index is 2.25. The van der Waals surface area contributed by atoms with Gasteiger partial charge in [0.15, 0.2) is 13.1 Å². The highest BCUT2D eigenvalue weighted by Crippen LogP contribution is 1.95. The van der Waals surface area contributed by atoms with Crippen molar-refractivity contribution in [3.63, 3.8) is 0 Å². The number of carbonyl (C=O) groups excluding carboxylic acids is 3. The van der Waals surface area contributed by atoms with Gasteiger partial charge in [0.05, 0.1) is 20.3 Å². The number of nitrogens with one attached hydrogen (secondary N) is 3. The zero-order valence-corrected chi connectivity index (χ0v) is 13.6. The summed E-state index contributed by atoms with van der Waals surface area (Å²) in [6, 6.07) is -0.494. The predicted octanol–water partition coefficient (Wildman–Crippen LogP) is -2.16. The molecule has 1 saturated heterocycles. The van der Waals surface area contributed by atoms with E-state index in [4.69, 9.17) is 4.74 Å². The number of ether oxygens (including phenoxy) is 1. The van der Waals surface area contributed by atoms with Crippen LogP contribution in [0.3, 0.4) is 0 Å². The van der Waals surface area contributed by atoms with Crippen LogP contribution in [0.15, 0.2) is 0 Å². The van der Waals surface area contributed by atoms with Gasteiger partial charge >= 0.3 is 6.03 Å². The maximum Gasteiger partial charge on any atom is 0.321 e. The van der Waals surface area contributed by atoms with E-state index in [0.29, 0.717) is 38.8 Å². The molecule has 22 heavy (non-hydrogen) atoms. The Kier molecular flexibility index (Phi) is 7.83. The van der Waals surface area contributed by atoms with E-state index in [1.807, 2.05) is 13.8 Å². The van der Waals surface area contributed by atoms with E-state index in [1.165, 1.54) is 0 Å². The number of nitrogens with zero attached hydrogens (tertiary/aromatic N) is 1. The van der Waals surface area contributed by atoms with Gasteiger partial charge < -0.3 is 19.9 Å². The van der Waals surface area contributed by atoms with E-state index in [-0.39, 0.29) is 19.0 Å². The summed E-state index contributed by atoms with van der Waals surface area (Å²) in [6.45, 7) is 7.05. The average molecular weight is 315 g/mol. The second kappa shape index (κ2) is 9.37. The van der Waals surface area contributed by atoms with Crippen molar-refractivity contribution in [2.75, 3.05) is 53.0 Å². The number of rotatable bonds is 6. The summed E-state index contributed by atoms with van der Waals surface area (Å²) in [5, 5.41) is 4.87. The Labute approximate surface area is 131 Å². The summed E-state index contributed by atoms with van der Waals surface area (Å²) < 4.78 is 5.19. The van der Waals surface area contributed by atoms with Crippen LogP contribution in [0.5, 0.6) is 0 Å². The lowest BCUT2D eigenvalue weighted by molar-refractivity contribution is -0.862. The number of imide groups is 1. The fraction of sp³-hybridized carbons (Fsp3) is 0.786. The van der Waals surface area contributed by atoms with Crippen LogP contribution in [0.25, 0.3) is 0 Å². The van der Waals surface area contributed by atoms with Crippen molar-refractivity contribution in [2.45, 2.75) is 13.8 Å². The van der Waals surface area contributed by atoms with Gasteiger partial charge in [-0.2, -0.15) is 0 Å². The Bertz CT molecular complexity index is 394. The topological polar surface area (TPSA) is 92.2 Å². The fourth-order valence-electron chi connectivity index (χ4n) is 2.03. The molecule has 1 atom stereocenters. The molecule has 0 radical (unpaired) electrons. The maximum absolute atomic E-state index is 12.0. The molecule has 4 amide bonds. The van der Waals surface area contributed by atoms with Crippen molar-refractivity contribution in [3.8, 4) is 0 Å². The zero-order chi connectivity index (χ0) is 16.5. The van der Waals surface area contributed by atoms with Gasteiger partial charge in [-0.3, -0.25) is 14.9 Å². The van der Waals surface area contributed by atoms with Gasteiger partial charge in [-0.05, 0) is 5.92 Å². The molecule has 0 aromatic heterocycles. The molecule has 0 saturated carbocycles. The van der Waals surface area contributed by atoms with E-state index < -0.39 is 11.9 Å². The summed E-state index contributed by atoms with van der Waals surface area (Å²) in [5.41, 5.74) is 0. The van der Waals surface area contributed by atoms with Gasteiger partial charge in [0.25, 0.3) is 11.8 Å². The van der Waals surface area contributed by atoms with Crippen molar-refractivity contribution in [1.82, 2.24) is 15.5 Å². The van der Waals surface area contributed by atoms with E-state index in [0.717, 1.165) is 4.90 Å². The number of hydrogen-bond donors (Lipinski definition) is 3. The summed E-state index contributed by atoms with van der Waals surface area (Å²) in [5.74, 6) is -0.0771. The highest BCUT2D eigenvalue weighted by atomic mass is 16.5. The molecule has 1 aliphatic rings. The van der Waals surface area contributed by atoms with Gasteiger partial charge in [0.2, 0.25) is 0 Å². The zero-order valence-electron chi connectivity index (χ0n) is 13.6. The molecule has 0 aliphatic carbocycles. The van der Waals surface area contributed by atoms with Crippen molar-refractivity contribution in [3.05, 3.63) is 0 Å². The second-order valence-electron chi connectivity index (χ2n) is 5.96. The lowest BCUT2D eigenvalue weighted by atomic mass is 10.2. The molecule has 0 aromatic carbocycles. The van der Waals surface area contributed by atoms with E-state index in [9.17, 15) is 14.4 Å². The Hall–Kier alpha value is -1.67. The lowest BCUT2D eigenvalue weighted by Crippen LogP contribution is -3.11. The molecule has 126 valence electrons. The highest BCUT2D eigenvalue weighted by molar-refractivity contribution is 5.94. The first-order valence-corrected chi connectivity index (χ1v) is 7.63. The fourth-order valence-corrected chi connectivity index (χ4v) is 2.03. The Morgan fingerprint density at radius 2 is 1.82 bits per heavy atom. The van der Waals surface area contributed by atoms with Crippen molar-refractivity contribution in [1.29, 1.82) is 0 Å². The summed E-state index contributed by atoms with van der Waals surface area (Å²) >= 11 is 0. The molecule has 1 fully saturated rings. The van der Waals surface area contributed by atoms with Crippen LogP contribution >= 0.6 is 0 Å². The lowest BCUT2D eigenvalue weighted by Gasteiger charge is -2.27. The van der Waals surface area contributed by atoms with Crippen LogP contribution in [0.2, 0.25) is 0 Å². The predicted molar refractivity (Wildman–Crippen MR) is 80.4 cm³/mol. The van der Waals surface area contributed by atoms with Crippen LogP contribution in [0.1, 0.15) is 13.8 Å². The molecule has 0 aromatic rings. The third-order valence-electron chi connectivity index (χ3n) is 3.20. The summed E-state index contributed by atoms with van der Waals surface area (Å²) in [6.07, 6.45) is 0. The van der Waals surface area contributed by atoms with Crippen LogP contribution in [-0.4, -0.2) is 75.7 Å². The minimum atomic E-state index is -0.494. The molecule has 8 nitrogen and oxygen atoms in total. The van der Waals surface area contributed by atoms with Crippen LogP contribution in [0, 0.1) is 5.92 Å². The van der Waals surface area contributed by atoms with Crippen molar-refractivity contribution < 1.29 is 24.0 Å². The average Bonchev–Trinajstić information content (AvgIpc) is 2.45. The third kappa shape index (κ3) is 7.37. The number of likely N-dealkylation sites (N-methyl/N-ethyl adjacent to an activating group) is 1.